The van der Waals surface area contributed by atoms with Gasteiger partial charge >= 0.3 is 0 Å². The molecule has 0 amide bonds. The Morgan fingerprint density at radius 2 is 1.57 bits per heavy atom. The summed E-state index contributed by atoms with van der Waals surface area (Å²) >= 11 is 7.22. The summed E-state index contributed by atoms with van der Waals surface area (Å²) in [5.74, 6) is 0. The van der Waals surface area contributed by atoms with Gasteiger partial charge in [-0.1, -0.05) is 36.1 Å². The van der Waals surface area contributed by atoms with Crippen molar-refractivity contribution >= 4 is 28.3 Å². The van der Waals surface area contributed by atoms with Gasteiger partial charge in [0.15, 0.2) is 0 Å². The van der Waals surface area contributed by atoms with Crippen molar-refractivity contribution < 1.29 is 0 Å². The van der Waals surface area contributed by atoms with Gasteiger partial charge in [0.1, 0.15) is 4.32 Å². The summed E-state index contributed by atoms with van der Waals surface area (Å²) in [6.07, 6.45) is 3.62. The van der Waals surface area contributed by atoms with E-state index in [-0.39, 0.29) is 5.25 Å². The molecule has 2 rings (SSSR count). The fraction of sp³-hybridized carbons (Fsp3) is 0.312. The molecule has 0 atom stereocenters. The van der Waals surface area contributed by atoms with Crippen molar-refractivity contribution in [2.24, 2.45) is 0 Å². The lowest BCUT2D eigenvalue weighted by molar-refractivity contribution is 0.482. The second kappa shape index (κ2) is 8.10. The van der Waals surface area contributed by atoms with Crippen LogP contribution in [0.15, 0.2) is 48.8 Å². The smallest absolute Gasteiger partial charge is 0.137 e. The lowest BCUT2D eigenvalue weighted by atomic mass is 10.2. The highest BCUT2D eigenvalue weighted by Gasteiger charge is 2.21. The fourth-order valence-electron chi connectivity index (χ4n) is 1.99. The van der Waals surface area contributed by atoms with Gasteiger partial charge in [-0.2, -0.15) is 0 Å². The molecule has 21 heavy (non-hydrogen) atoms. The number of aromatic nitrogens is 2. The number of pyridine rings is 2. The van der Waals surface area contributed by atoms with Gasteiger partial charge in [0.05, 0.1) is 16.6 Å². The van der Waals surface area contributed by atoms with Gasteiger partial charge in [-0.15, -0.1) is 0 Å². The zero-order valence-electron chi connectivity index (χ0n) is 12.3. The summed E-state index contributed by atoms with van der Waals surface area (Å²) in [4.78, 5) is 11.1. The number of nitrogens with zero attached hydrogens (tertiary/aromatic N) is 3. The molecular formula is C16H19N3S2. The summed E-state index contributed by atoms with van der Waals surface area (Å²) in [6, 6.07) is 11.9. The van der Waals surface area contributed by atoms with Gasteiger partial charge in [-0.3, -0.25) is 9.97 Å². The average Bonchev–Trinajstić information content (AvgIpc) is 2.55. The van der Waals surface area contributed by atoms with Crippen LogP contribution < -0.4 is 0 Å². The van der Waals surface area contributed by atoms with Crippen LogP contribution in [0.5, 0.6) is 0 Å². The van der Waals surface area contributed by atoms with Gasteiger partial charge < -0.3 is 4.90 Å². The molecule has 0 radical (unpaired) electrons. The number of hydrogen-bond acceptors (Lipinski definition) is 4. The van der Waals surface area contributed by atoms with Crippen molar-refractivity contribution in [1.82, 2.24) is 14.9 Å². The first-order chi connectivity index (χ1) is 10.3. The van der Waals surface area contributed by atoms with E-state index >= 15 is 0 Å². The van der Waals surface area contributed by atoms with E-state index in [0.29, 0.717) is 0 Å². The quantitative estimate of drug-likeness (QED) is 0.780. The van der Waals surface area contributed by atoms with Crippen molar-refractivity contribution in [1.29, 1.82) is 0 Å². The van der Waals surface area contributed by atoms with Crippen LogP contribution in [0, 0.1) is 0 Å². The molecule has 0 bridgehead atoms. The zero-order valence-corrected chi connectivity index (χ0v) is 13.9. The molecule has 0 aliphatic heterocycles. The van der Waals surface area contributed by atoms with E-state index in [1.807, 2.05) is 48.8 Å². The van der Waals surface area contributed by atoms with Crippen LogP contribution in [-0.2, 0) is 0 Å². The molecule has 0 N–H and O–H groups in total. The molecule has 0 aliphatic rings. The van der Waals surface area contributed by atoms with Crippen LogP contribution in [0.2, 0.25) is 0 Å². The number of rotatable bonds is 5. The minimum atomic E-state index is 0.0282. The Kier molecular flexibility index (Phi) is 6.14. The van der Waals surface area contributed by atoms with Crippen molar-refractivity contribution in [3.63, 3.8) is 0 Å². The van der Waals surface area contributed by atoms with E-state index in [4.69, 9.17) is 12.2 Å². The number of thioether (sulfide) groups is 1. The molecule has 0 saturated heterocycles. The maximum Gasteiger partial charge on any atom is 0.137 e. The fourth-order valence-corrected chi connectivity index (χ4v) is 3.67. The van der Waals surface area contributed by atoms with E-state index in [1.54, 1.807) is 11.8 Å². The number of hydrogen-bond donors (Lipinski definition) is 0. The van der Waals surface area contributed by atoms with Crippen molar-refractivity contribution in [2.45, 2.75) is 19.1 Å². The lowest BCUT2D eigenvalue weighted by Gasteiger charge is -2.24. The summed E-state index contributed by atoms with van der Waals surface area (Å²) < 4.78 is 0.890. The molecule has 0 unspecified atom stereocenters. The Morgan fingerprint density at radius 1 is 1.05 bits per heavy atom. The second-order valence-corrected chi connectivity index (χ2v) is 6.18. The Labute approximate surface area is 135 Å². The van der Waals surface area contributed by atoms with E-state index in [2.05, 4.69) is 28.7 Å². The molecule has 2 aromatic rings. The predicted octanol–water partition coefficient (Wildman–Crippen LogP) is 3.93. The molecule has 0 fully saturated rings. The van der Waals surface area contributed by atoms with E-state index in [0.717, 1.165) is 28.8 Å². The monoisotopic (exact) mass is 317 g/mol. The SMILES string of the molecule is CCN(CC)C(=S)SC(c1ccccn1)c1ccccn1. The maximum atomic E-state index is 5.58. The van der Waals surface area contributed by atoms with Gasteiger partial charge in [0, 0.05) is 25.5 Å². The summed E-state index contributed by atoms with van der Waals surface area (Å²) in [5, 5.41) is 0.0282. The first kappa shape index (κ1) is 15.9. The highest BCUT2D eigenvalue weighted by atomic mass is 32.2. The van der Waals surface area contributed by atoms with Crippen molar-refractivity contribution in [2.75, 3.05) is 13.1 Å². The molecule has 0 aromatic carbocycles. The first-order valence-corrected chi connectivity index (χ1v) is 8.32. The highest BCUT2D eigenvalue weighted by molar-refractivity contribution is 8.23. The maximum absolute atomic E-state index is 5.58. The third kappa shape index (κ3) is 4.25. The Bertz CT molecular complexity index is 517. The average molecular weight is 317 g/mol. The molecule has 5 heteroatoms. The van der Waals surface area contributed by atoms with Crippen LogP contribution in [0.3, 0.4) is 0 Å². The third-order valence-electron chi connectivity index (χ3n) is 3.15. The molecule has 0 saturated carbocycles. The highest BCUT2D eigenvalue weighted by Crippen LogP contribution is 2.34. The summed E-state index contributed by atoms with van der Waals surface area (Å²) in [6.45, 7) is 6.07. The first-order valence-electron chi connectivity index (χ1n) is 7.03. The Morgan fingerprint density at radius 3 is 1.95 bits per heavy atom. The Hall–Kier alpha value is -1.46. The summed E-state index contributed by atoms with van der Waals surface area (Å²) in [7, 11) is 0. The van der Waals surface area contributed by atoms with Gasteiger partial charge in [0.25, 0.3) is 0 Å². The normalized spacial score (nSPS) is 10.6. The van der Waals surface area contributed by atoms with E-state index < -0.39 is 0 Å². The van der Waals surface area contributed by atoms with Crippen LogP contribution in [0.1, 0.15) is 30.5 Å². The largest absolute Gasteiger partial charge is 0.358 e. The van der Waals surface area contributed by atoms with Crippen molar-refractivity contribution in [3.05, 3.63) is 60.2 Å². The standard InChI is InChI=1S/C16H19N3S2/c1-3-19(4-2)16(20)21-15(13-9-5-7-11-17-13)14-10-6-8-12-18-14/h5-12,15H,3-4H2,1-2H3. The van der Waals surface area contributed by atoms with Crippen LogP contribution in [0.25, 0.3) is 0 Å². The van der Waals surface area contributed by atoms with Gasteiger partial charge in [-0.25, -0.2) is 0 Å². The number of thiocarbonyl (C=S) groups is 1. The third-order valence-corrected chi connectivity index (χ3v) is 4.88. The minimum Gasteiger partial charge on any atom is -0.358 e. The second-order valence-electron chi connectivity index (χ2n) is 4.45. The van der Waals surface area contributed by atoms with Crippen LogP contribution in [0.4, 0.5) is 0 Å². The lowest BCUT2D eigenvalue weighted by Crippen LogP contribution is -2.27. The molecule has 0 spiro atoms. The molecule has 3 nitrogen and oxygen atoms in total. The zero-order chi connectivity index (χ0) is 15.1. The van der Waals surface area contributed by atoms with Crippen LogP contribution >= 0.6 is 24.0 Å². The minimum absolute atomic E-state index is 0.0282. The van der Waals surface area contributed by atoms with Crippen molar-refractivity contribution in [3.8, 4) is 0 Å². The van der Waals surface area contributed by atoms with E-state index in [1.165, 1.54) is 0 Å². The van der Waals surface area contributed by atoms with E-state index in [9.17, 15) is 0 Å². The molecule has 110 valence electrons. The van der Waals surface area contributed by atoms with Gasteiger partial charge in [0.2, 0.25) is 0 Å². The summed E-state index contributed by atoms with van der Waals surface area (Å²) in [5.41, 5.74) is 1.96. The molecular weight excluding hydrogens is 298 g/mol. The predicted molar refractivity (Wildman–Crippen MR) is 93.4 cm³/mol. The van der Waals surface area contributed by atoms with Crippen LogP contribution in [-0.4, -0.2) is 32.3 Å². The molecule has 2 aromatic heterocycles. The molecule has 0 aliphatic carbocycles. The van der Waals surface area contributed by atoms with Gasteiger partial charge in [-0.05, 0) is 38.1 Å². The molecule has 2 heterocycles. The Balaban J connectivity index is 2.27. The topological polar surface area (TPSA) is 29.0 Å².